The first kappa shape index (κ1) is 20.8. The Bertz CT molecular complexity index is 1380. The zero-order valence-electron chi connectivity index (χ0n) is 17.5. The number of carbonyl (C=O) groups excluding carboxylic acids is 1. The molecule has 2 aromatic heterocycles. The fraction of sp³-hybridized carbons (Fsp3) is 0.0800. The van der Waals surface area contributed by atoms with Crippen LogP contribution in [-0.2, 0) is 6.54 Å². The maximum atomic E-state index is 12.4. The van der Waals surface area contributed by atoms with Gasteiger partial charge in [-0.1, -0.05) is 48.0 Å². The lowest BCUT2D eigenvalue weighted by Gasteiger charge is -2.14. The zero-order chi connectivity index (χ0) is 22.6. The molecule has 8 heteroatoms. The third-order valence-corrected chi connectivity index (χ3v) is 5.48. The number of amides is 2. The molecular formula is C25H20ClN5O2. The first-order valence-corrected chi connectivity index (χ1v) is 10.8. The predicted octanol–water partition coefficient (Wildman–Crippen LogP) is 5.96. The van der Waals surface area contributed by atoms with Gasteiger partial charge in [-0.25, -0.2) is 9.78 Å². The topological polar surface area (TPSA) is 81.1 Å². The summed E-state index contributed by atoms with van der Waals surface area (Å²) in [4.78, 5) is 20.4. The Hall–Kier alpha value is -4.10. The third-order valence-electron chi connectivity index (χ3n) is 5.25. The van der Waals surface area contributed by atoms with E-state index < -0.39 is 6.03 Å². The van der Waals surface area contributed by atoms with Crippen molar-refractivity contribution in [2.75, 3.05) is 17.2 Å². The number of ether oxygens (including phenoxy) is 1. The molecule has 0 aliphatic heterocycles. The lowest BCUT2D eigenvalue weighted by Crippen LogP contribution is -2.21. The molecular weight excluding hydrogens is 438 g/mol. The monoisotopic (exact) mass is 457 g/mol. The van der Waals surface area contributed by atoms with Crippen LogP contribution >= 0.6 is 11.6 Å². The van der Waals surface area contributed by atoms with E-state index in [2.05, 4.69) is 49.4 Å². The minimum absolute atomic E-state index is 0.339. The van der Waals surface area contributed by atoms with Gasteiger partial charge in [0.1, 0.15) is 12.4 Å². The molecule has 164 valence electrons. The second-order valence-electron chi connectivity index (χ2n) is 7.34. The van der Waals surface area contributed by atoms with Crippen molar-refractivity contribution in [2.24, 2.45) is 0 Å². The van der Waals surface area contributed by atoms with Crippen molar-refractivity contribution in [1.82, 2.24) is 14.5 Å². The molecule has 0 saturated carbocycles. The standard InChI is InChI=1S/C25H20ClN5O2/c26-17-9-10-23(20(15-17)29-25(32)30-24-16-27-11-12-28-24)33-14-13-31-21-7-3-1-5-18(21)19-6-2-4-8-22(19)31/h1-12,15-16H,13-14H2,(H2,28,29,30,32). The smallest absolute Gasteiger partial charge is 0.325 e. The lowest BCUT2D eigenvalue weighted by atomic mass is 10.2. The van der Waals surface area contributed by atoms with Crippen LogP contribution in [0.25, 0.3) is 21.8 Å². The van der Waals surface area contributed by atoms with Crippen LogP contribution in [0.3, 0.4) is 0 Å². The quantitative estimate of drug-likeness (QED) is 0.329. The van der Waals surface area contributed by atoms with Crippen molar-refractivity contribution >= 4 is 50.9 Å². The highest BCUT2D eigenvalue weighted by Crippen LogP contribution is 2.30. The summed E-state index contributed by atoms with van der Waals surface area (Å²) in [5.41, 5.74) is 2.77. The maximum absolute atomic E-state index is 12.4. The number of hydrogen-bond donors (Lipinski definition) is 2. The molecule has 0 aliphatic rings. The van der Waals surface area contributed by atoms with E-state index in [0.29, 0.717) is 35.4 Å². The lowest BCUT2D eigenvalue weighted by molar-refractivity contribution is 0.261. The first-order valence-electron chi connectivity index (χ1n) is 10.4. The average molecular weight is 458 g/mol. The van der Waals surface area contributed by atoms with Crippen molar-refractivity contribution in [3.63, 3.8) is 0 Å². The van der Waals surface area contributed by atoms with Gasteiger partial charge in [-0.2, -0.15) is 0 Å². The number of benzene rings is 3. The van der Waals surface area contributed by atoms with Crippen molar-refractivity contribution < 1.29 is 9.53 Å². The molecule has 0 bridgehead atoms. The number of aromatic nitrogens is 3. The molecule has 0 fully saturated rings. The van der Waals surface area contributed by atoms with E-state index in [4.69, 9.17) is 16.3 Å². The molecule has 2 amide bonds. The summed E-state index contributed by atoms with van der Waals surface area (Å²) in [5, 5.41) is 8.31. The largest absolute Gasteiger partial charge is 0.490 e. The molecule has 0 unspecified atom stereocenters. The number of urea groups is 1. The second-order valence-corrected chi connectivity index (χ2v) is 7.78. The number of rotatable bonds is 6. The molecule has 2 heterocycles. The van der Waals surface area contributed by atoms with Crippen LogP contribution in [0.4, 0.5) is 16.3 Å². The predicted molar refractivity (Wildman–Crippen MR) is 131 cm³/mol. The van der Waals surface area contributed by atoms with Crippen LogP contribution in [0.15, 0.2) is 85.3 Å². The molecule has 0 spiro atoms. The van der Waals surface area contributed by atoms with Crippen LogP contribution in [0.2, 0.25) is 5.02 Å². The SMILES string of the molecule is O=C(Nc1cnccn1)Nc1cc(Cl)ccc1OCCn1c2ccccc2c2ccccc21. The molecule has 5 rings (SSSR count). The van der Waals surface area contributed by atoms with E-state index >= 15 is 0 Å². The van der Waals surface area contributed by atoms with Crippen LogP contribution in [0.1, 0.15) is 0 Å². The van der Waals surface area contributed by atoms with Gasteiger partial charge in [0.15, 0.2) is 5.82 Å². The van der Waals surface area contributed by atoms with Gasteiger partial charge in [-0.15, -0.1) is 0 Å². The van der Waals surface area contributed by atoms with Crippen molar-refractivity contribution in [1.29, 1.82) is 0 Å². The van der Waals surface area contributed by atoms with Crippen LogP contribution < -0.4 is 15.4 Å². The Morgan fingerprint density at radius 2 is 1.67 bits per heavy atom. The Morgan fingerprint density at radius 3 is 2.36 bits per heavy atom. The molecule has 3 aromatic carbocycles. The van der Waals surface area contributed by atoms with Crippen LogP contribution in [0.5, 0.6) is 5.75 Å². The van der Waals surface area contributed by atoms with Gasteiger partial charge in [-0.3, -0.25) is 10.3 Å². The number of nitrogens with one attached hydrogen (secondary N) is 2. The third kappa shape index (κ3) is 4.44. The van der Waals surface area contributed by atoms with Crippen LogP contribution in [0, 0.1) is 0 Å². The van der Waals surface area contributed by atoms with E-state index in [9.17, 15) is 4.79 Å². The van der Waals surface area contributed by atoms with E-state index in [-0.39, 0.29) is 0 Å². The first-order chi connectivity index (χ1) is 16.2. The number of hydrogen-bond acceptors (Lipinski definition) is 4. The minimum Gasteiger partial charge on any atom is -0.490 e. The van der Waals surface area contributed by atoms with E-state index in [1.54, 1.807) is 18.2 Å². The summed E-state index contributed by atoms with van der Waals surface area (Å²) < 4.78 is 8.31. The highest BCUT2D eigenvalue weighted by Gasteiger charge is 2.12. The Labute approximate surface area is 195 Å². The molecule has 0 aliphatic carbocycles. The molecule has 0 atom stereocenters. The molecule has 33 heavy (non-hydrogen) atoms. The van der Waals surface area contributed by atoms with Gasteiger partial charge in [0, 0.05) is 39.2 Å². The molecule has 0 radical (unpaired) electrons. The number of halogens is 1. The summed E-state index contributed by atoms with van der Waals surface area (Å²) in [6.45, 7) is 1.05. The Morgan fingerprint density at radius 1 is 0.939 bits per heavy atom. The Balaban J connectivity index is 1.33. The van der Waals surface area contributed by atoms with Crippen LogP contribution in [-0.4, -0.2) is 27.2 Å². The number of anilines is 2. The van der Waals surface area contributed by atoms with Gasteiger partial charge < -0.3 is 14.6 Å². The minimum atomic E-state index is -0.468. The Kier molecular flexibility index (Phi) is 5.78. The summed E-state index contributed by atoms with van der Waals surface area (Å²) in [6, 6.07) is 21.3. The number of nitrogens with zero attached hydrogens (tertiary/aromatic N) is 3. The van der Waals surface area contributed by atoms with E-state index in [0.717, 1.165) is 11.0 Å². The van der Waals surface area contributed by atoms with E-state index in [1.807, 2.05) is 24.3 Å². The van der Waals surface area contributed by atoms with Crippen molar-refractivity contribution in [2.45, 2.75) is 6.54 Å². The van der Waals surface area contributed by atoms with E-state index in [1.165, 1.54) is 29.4 Å². The fourth-order valence-electron chi connectivity index (χ4n) is 3.85. The number of carbonyl (C=O) groups is 1. The van der Waals surface area contributed by atoms with Gasteiger partial charge in [0.2, 0.25) is 0 Å². The highest BCUT2D eigenvalue weighted by molar-refractivity contribution is 6.31. The molecule has 7 nitrogen and oxygen atoms in total. The van der Waals surface area contributed by atoms with Gasteiger partial charge in [0.05, 0.1) is 18.4 Å². The van der Waals surface area contributed by atoms with Gasteiger partial charge in [-0.05, 0) is 30.3 Å². The van der Waals surface area contributed by atoms with Crippen molar-refractivity contribution in [3.05, 3.63) is 90.3 Å². The second kappa shape index (κ2) is 9.18. The van der Waals surface area contributed by atoms with Crippen molar-refractivity contribution in [3.8, 4) is 5.75 Å². The normalized spacial score (nSPS) is 10.9. The number of fused-ring (bicyclic) bond motifs is 3. The molecule has 2 N–H and O–H groups in total. The summed E-state index contributed by atoms with van der Waals surface area (Å²) in [6.07, 6.45) is 4.49. The number of para-hydroxylation sites is 2. The summed E-state index contributed by atoms with van der Waals surface area (Å²) in [5.74, 6) is 0.861. The maximum Gasteiger partial charge on any atom is 0.325 e. The fourth-order valence-corrected chi connectivity index (χ4v) is 4.02. The summed E-state index contributed by atoms with van der Waals surface area (Å²) >= 11 is 6.15. The highest BCUT2D eigenvalue weighted by atomic mass is 35.5. The van der Waals surface area contributed by atoms with Gasteiger partial charge >= 0.3 is 6.03 Å². The summed E-state index contributed by atoms with van der Waals surface area (Å²) in [7, 11) is 0. The van der Waals surface area contributed by atoms with Gasteiger partial charge in [0.25, 0.3) is 0 Å². The molecule has 5 aromatic rings. The molecule has 0 saturated heterocycles. The zero-order valence-corrected chi connectivity index (χ0v) is 18.3. The average Bonchev–Trinajstić information content (AvgIpc) is 3.15.